The van der Waals surface area contributed by atoms with Crippen LogP contribution in [-0.2, 0) is 4.74 Å². The number of nitrogens with one attached hydrogen (secondary N) is 1. The summed E-state index contributed by atoms with van der Waals surface area (Å²) in [6, 6.07) is 0. The smallest absolute Gasteiger partial charge is 0.261 e. The van der Waals surface area contributed by atoms with Crippen molar-refractivity contribution in [1.82, 2.24) is 5.32 Å². The molecule has 3 heteroatoms. The first-order chi connectivity index (χ1) is 7.10. The van der Waals surface area contributed by atoms with Crippen molar-refractivity contribution >= 4 is 17.4 Å². The summed E-state index contributed by atoms with van der Waals surface area (Å²) < 4.78 is 5.29. The van der Waals surface area contributed by atoms with Crippen LogP contribution in [0.4, 0.5) is 0 Å². The van der Waals surface area contributed by atoms with Crippen LogP contribution in [0.5, 0.6) is 0 Å². The van der Waals surface area contributed by atoms with Crippen LogP contribution in [0.25, 0.3) is 0 Å². The predicted molar refractivity (Wildman–Crippen MR) is 69.6 cm³/mol. The lowest BCUT2D eigenvalue weighted by molar-refractivity contribution is 0.227. The maximum atomic E-state index is 5.29. The van der Waals surface area contributed by atoms with Crippen molar-refractivity contribution in [3.05, 3.63) is 49.2 Å². The monoisotopic (exact) mass is 223 g/mol. The van der Waals surface area contributed by atoms with Crippen molar-refractivity contribution in [2.45, 2.75) is 20.0 Å². The number of allylic oxidation sites excluding steroid dienone is 5. The van der Waals surface area contributed by atoms with Gasteiger partial charge in [-0.1, -0.05) is 31.4 Å². The molecule has 82 valence electrons. The van der Waals surface area contributed by atoms with Crippen LogP contribution in [-0.4, -0.2) is 11.3 Å². The topological polar surface area (TPSA) is 21.3 Å². The lowest BCUT2D eigenvalue weighted by atomic mass is 10.3. The molecule has 0 saturated carbocycles. The molecule has 0 aromatic heterocycles. The molecule has 0 fully saturated rings. The van der Waals surface area contributed by atoms with Gasteiger partial charge in [0.25, 0.3) is 5.17 Å². The van der Waals surface area contributed by atoms with Crippen LogP contribution in [0.1, 0.15) is 13.8 Å². The fraction of sp³-hybridized carbons (Fsp3) is 0.250. The Kier molecular flexibility index (Phi) is 7.28. The van der Waals surface area contributed by atoms with Crippen LogP contribution in [0, 0.1) is 0 Å². The van der Waals surface area contributed by atoms with Gasteiger partial charge in [-0.15, -0.1) is 0 Å². The number of thiocarbonyl (C=S) groups is 1. The van der Waals surface area contributed by atoms with Gasteiger partial charge in [0.2, 0.25) is 0 Å². The van der Waals surface area contributed by atoms with Gasteiger partial charge in [-0.25, -0.2) is 0 Å². The summed E-state index contributed by atoms with van der Waals surface area (Å²) in [5.41, 5.74) is 0.815. The number of hydrogen-bond donors (Lipinski definition) is 1. The molecule has 0 unspecified atom stereocenters. The Morgan fingerprint density at radius 1 is 1.33 bits per heavy atom. The molecule has 0 heterocycles. The zero-order valence-electron chi connectivity index (χ0n) is 9.19. The zero-order chi connectivity index (χ0) is 11.7. The molecule has 0 aliphatic rings. The standard InChI is InChI=1S/C12H17NOS/c1-5-7-9-11(8-6-2)13-12(15)14-10(3)4/h5-10H,1-2H2,3-4H3,(H,13,15)/b9-7-,11-8+. The van der Waals surface area contributed by atoms with E-state index in [-0.39, 0.29) is 6.10 Å². The molecule has 2 nitrogen and oxygen atoms in total. The lowest BCUT2D eigenvalue weighted by Gasteiger charge is -2.12. The Bertz CT molecular complexity index is 290. The van der Waals surface area contributed by atoms with Crippen molar-refractivity contribution in [3.63, 3.8) is 0 Å². The third kappa shape index (κ3) is 7.70. The molecule has 15 heavy (non-hydrogen) atoms. The van der Waals surface area contributed by atoms with Crippen LogP contribution in [0.3, 0.4) is 0 Å². The third-order valence-corrected chi connectivity index (χ3v) is 1.50. The molecule has 0 atom stereocenters. The SMILES string of the molecule is C=C/C=C\C(=C/C=C)NC(=S)OC(C)C. The van der Waals surface area contributed by atoms with Gasteiger partial charge >= 0.3 is 0 Å². The minimum absolute atomic E-state index is 0.0679. The fourth-order valence-electron chi connectivity index (χ4n) is 0.799. The molecular weight excluding hydrogens is 206 g/mol. The van der Waals surface area contributed by atoms with Crippen LogP contribution < -0.4 is 5.32 Å². The highest BCUT2D eigenvalue weighted by atomic mass is 32.1. The second-order valence-electron chi connectivity index (χ2n) is 3.03. The Hall–Kier alpha value is -1.35. The summed E-state index contributed by atoms with van der Waals surface area (Å²) in [4.78, 5) is 0. The Balaban J connectivity index is 4.35. The van der Waals surface area contributed by atoms with Crippen LogP contribution >= 0.6 is 12.2 Å². The number of ether oxygens (including phenoxy) is 1. The summed E-state index contributed by atoms with van der Waals surface area (Å²) in [5, 5.41) is 3.30. The molecule has 0 aliphatic carbocycles. The maximum Gasteiger partial charge on any atom is 0.261 e. The van der Waals surface area contributed by atoms with Gasteiger partial charge in [0.05, 0.1) is 6.10 Å². The highest BCUT2D eigenvalue weighted by molar-refractivity contribution is 7.80. The van der Waals surface area contributed by atoms with E-state index in [1.807, 2.05) is 19.9 Å². The minimum Gasteiger partial charge on any atom is -0.468 e. The molecular formula is C12H17NOS. The largest absolute Gasteiger partial charge is 0.468 e. The highest BCUT2D eigenvalue weighted by Crippen LogP contribution is 1.97. The van der Waals surface area contributed by atoms with Gasteiger partial charge in [0.1, 0.15) is 0 Å². The van der Waals surface area contributed by atoms with Gasteiger partial charge < -0.3 is 10.1 Å². The van der Waals surface area contributed by atoms with E-state index >= 15 is 0 Å². The van der Waals surface area contributed by atoms with E-state index in [4.69, 9.17) is 17.0 Å². The van der Waals surface area contributed by atoms with E-state index in [1.165, 1.54) is 0 Å². The molecule has 0 aromatic rings. The lowest BCUT2D eigenvalue weighted by Crippen LogP contribution is -2.25. The fourth-order valence-corrected chi connectivity index (χ4v) is 1.11. The second kappa shape index (κ2) is 8.00. The first kappa shape index (κ1) is 13.7. The van der Waals surface area contributed by atoms with E-state index in [1.54, 1.807) is 24.3 Å². The summed E-state index contributed by atoms with van der Waals surface area (Å²) in [5.74, 6) is 0. The summed E-state index contributed by atoms with van der Waals surface area (Å²) >= 11 is 5.00. The van der Waals surface area contributed by atoms with Gasteiger partial charge in [-0.2, -0.15) is 0 Å². The first-order valence-electron chi connectivity index (χ1n) is 4.69. The third-order valence-electron chi connectivity index (χ3n) is 1.30. The van der Waals surface area contributed by atoms with Crippen LogP contribution in [0.15, 0.2) is 49.2 Å². The predicted octanol–water partition coefficient (Wildman–Crippen LogP) is 3.10. The Labute approximate surface area is 97.0 Å². The van der Waals surface area contributed by atoms with Crippen LogP contribution in [0.2, 0.25) is 0 Å². The first-order valence-corrected chi connectivity index (χ1v) is 5.10. The quantitative estimate of drug-likeness (QED) is 0.571. The van der Waals surface area contributed by atoms with Crippen molar-refractivity contribution in [2.24, 2.45) is 0 Å². The number of rotatable bonds is 5. The Morgan fingerprint density at radius 2 is 2.00 bits per heavy atom. The molecule has 0 rings (SSSR count). The van der Waals surface area contributed by atoms with Crippen molar-refractivity contribution in [2.75, 3.05) is 0 Å². The summed E-state index contributed by atoms with van der Waals surface area (Å²) in [6.07, 6.45) is 8.87. The maximum absolute atomic E-state index is 5.29. The van der Waals surface area contributed by atoms with Crippen molar-refractivity contribution in [1.29, 1.82) is 0 Å². The molecule has 0 saturated heterocycles. The zero-order valence-corrected chi connectivity index (χ0v) is 10.0. The highest BCUT2D eigenvalue weighted by Gasteiger charge is 2.00. The van der Waals surface area contributed by atoms with E-state index in [9.17, 15) is 0 Å². The number of hydrogen-bond acceptors (Lipinski definition) is 2. The van der Waals surface area contributed by atoms with E-state index in [0.29, 0.717) is 5.17 Å². The van der Waals surface area contributed by atoms with E-state index in [2.05, 4.69) is 18.5 Å². The molecule has 0 spiro atoms. The molecule has 0 radical (unpaired) electrons. The van der Waals surface area contributed by atoms with Crippen molar-refractivity contribution < 1.29 is 4.74 Å². The van der Waals surface area contributed by atoms with E-state index in [0.717, 1.165) is 5.70 Å². The van der Waals surface area contributed by atoms with Gasteiger partial charge in [-0.3, -0.25) is 0 Å². The summed E-state index contributed by atoms with van der Waals surface area (Å²) in [7, 11) is 0. The molecule has 0 aromatic carbocycles. The average molecular weight is 223 g/mol. The van der Waals surface area contributed by atoms with Gasteiger partial charge in [-0.05, 0) is 38.2 Å². The molecule has 0 aliphatic heterocycles. The van der Waals surface area contributed by atoms with Gasteiger partial charge in [0, 0.05) is 5.70 Å². The molecule has 0 amide bonds. The Morgan fingerprint density at radius 3 is 2.47 bits per heavy atom. The van der Waals surface area contributed by atoms with Crippen molar-refractivity contribution in [3.8, 4) is 0 Å². The summed E-state index contributed by atoms with van der Waals surface area (Å²) in [6.45, 7) is 11.0. The average Bonchev–Trinajstić information content (AvgIpc) is 2.13. The van der Waals surface area contributed by atoms with E-state index < -0.39 is 0 Å². The molecule has 0 bridgehead atoms. The normalized spacial score (nSPS) is 11.5. The second-order valence-corrected chi connectivity index (χ2v) is 3.40. The molecule has 1 N–H and O–H groups in total. The minimum atomic E-state index is 0.0679. The van der Waals surface area contributed by atoms with Gasteiger partial charge in [0.15, 0.2) is 0 Å².